The summed E-state index contributed by atoms with van der Waals surface area (Å²) in [5.41, 5.74) is 3.19. The van der Waals surface area contributed by atoms with Gasteiger partial charge in [-0.05, 0) is 29.2 Å². The maximum atomic E-state index is 12.2. The van der Waals surface area contributed by atoms with Crippen LogP contribution in [-0.2, 0) is 6.54 Å². The first kappa shape index (κ1) is 15.3. The third kappa shape index (κ3) is 4.74. The van der Waals surface area contributed by atoms with Crippen LogP contribution < -0.4 is 10.1 Å². The molecule has 21 heavy (non-hydrogen) atoms. The van der Waals surface area contributed by atoms with Crippen LogP contribution in [0.5, 0.6) is 5.75 Å². The monoisotopic (exact) mass is 291 g/mol. The van der Waals surface area contributed by atoms with Crippen LogP contribution in [0.4, 0.5) is 14.5 Å². The van der Waals surface area contributed by atoms with Gasteiger partial charge in [0.1, 0.15) is 5.75 Å². The first-order valence-electron chi connectivity index (χ1n) is 6.92. The van der Waals surface area contributed by atoms with Gasteiger partial charge in [0.2, 0.25) is 0 Å². The number of nitrogens with one attached hydrogen (secondary N) is 1. The summed E-state index contributed by atoms with van der Waals surface area (Å²) in [6.07, 6.45) is 0. The molecule has 0 spiro atoms. The van der Waals surface area contributed by atoms with E-state index in [1.807, 2.05) is 6.07 Å². The summed E-state index contributed by atoms with van der Waals surface area (Å²) >= 11 is 0. The highest BCUT2D eigenvalue weighted by Crippen LogP contribution is 2.20. The zero-order chi connectivity index (χ0) is 15.2. The van der Waals surface area contributed by atoms with Crippen LogP contribution in [0, 0.1) is 0 Å². The topological polar surface area (TPSA) is 21.3 Å². The molecule has 2 aromatic carbocycles. The van der Waals surface area contributed by atoms with Gasteiger partial charge in [-0.2, -0.15) is 8.78 Å². The van der Waals surface area contributed by atoms with Gasteiger partial charge >= 0.3 is 6.61 Å². The molecule has 0 bridgehead atoms. The van der Waals surface area contributed by atoms with E-state index in [-0.39, 0.29) is 5.75 Å². The minimum atomic E-state index is -2.80. The summed E-state index contributed by atoms with van der Waals surface area (Å²) in [7, 11) is 0. The number of hydrogen-bond acceptors (Lipinski definition) is 2. The zero-order valence-corrected chi connectivity index (χ0v) is 12.1. The third-order valence-electron chi connectivity index (χ3n) is 3.20. The number of benzene rings is 2. The van der Waals surface area contributed by atoms with Gasteiger partial charge in [0.25, 0.3) is 0 Å². The molecule has 0 atom stereocenters. The molecule has 0 aliphatic rings. The van der Waals surface area contributed by atoms with Crippen molar-refractivity contribution in [3.63, 3.8) is 0 Å². The largest absolute Gasteiger partial charge is 0.435 e. The van der Waals surface area contributed by atoms with Crippen molar-refractivity contribution in [2.24, 2.45) is 0 Å². The van der Waals surface area contributed by atoms with Crippen LogP contribution >= 0.6 is 0 Å². The maximum absolute atomic E-state index is 12.2. The molecule has 0 aliphatic heterocycles. The van der Waals surface area contributed by atoms with E-state index < -0.39 is 6.61 Å². The Bertz CT molecular complexity index is 567. The van der Waals surface area contributed by atoms with Crippen molar-refractivity contribution in [1.82, 2.24) is 0 Å². The molecule has 2 rings (SSSR count). The Morgan fingerprint density at radius 2 is 1.76 bits per heavy atom. The minimum Gasteiger partial charge on any atom is -0.435 e. The Balaban J connectivity index is 1.96. The van der Waals surface area contributed by atoms with Crippen LogP contribution in [0.3, 0.4) is 0 Å². The number of alkyl halides is 2. The van der Waals surface area contributed by atoms with E-state index in [2.05, 4.69) is 48.2 Å². The number of anilines is 1. The van der Waals surface area contributed by atoms with Crippen molar-refractivity contribution in [3.05, 3.63) is 59.7 Å². The normalized spacial score (nSPS) is 11.0. The lowest BCUT2D eigenvalue weighted by atomic mass is 10.0. The van der Waals surface area contributed by atoms with Crippen molar-refractivity contribution < 1.29 is 13.5 Å². The molecular formula is C17H19F2NO. The second-order valence-corrected chi connectivity index (χ2v) is 5.16. The van der Waals surface area contributed by atoms with Gasteiger partial charge in [-0.25, -0.2) is 0 Å². The average molecular weight is 291 g/mol. The average Bonchev–Trinajstić information content (AvgIpc) is 2.45. The van der Waals surface area contributed by atoms with Crippen molar-refractivity contribution in [1.29, 1.82) is 0 Å². The second-order valence-electron chi connectivity index (χ2n) is 5.16. The first-order valence-corrected chi connectivity index (χ1v) is 6.92. The summed E-state index contributed by atoms with van der Waals surface area (Å²) < 4.78 is 28.7. The lowest BCUT2D eigenvalue weighted by Crippen LogP contribution is -2.03. The highest BCUT2D eigenvalue weighted by atomic mass is 19.3. The molecule has 2 aromatic rings. The molecule has 0 saturated heterocycles. The molecule has 0 unspecified atom stereocenters. The SMILES string of the molecule is CC(C)c1ccc(CNc2cccc(OC(F)F)c2)cc1. The molecule has 0 fully saturated rings. The Morgan fingerprint density at radius 1 is 1.05 bits per heavy atom. The Morgan fingerprint density at radius 3 is 2.38 bits per heavy atom. The highest BCUT2D eigenvalue weighted by Gasteiger charge is 2.04. The Hall–Kier alpha value is -2.10. The quantitative estimate of drug-likeness (QED) is 0.806. The number of ether oxygens (including phenoxy) is 1. The predicted octanol–water partition coefficient (Wildman–Crippen LogP) is 5.02. The van der Waals surface area contributed by atoms with E-state index >= 15 is 0 Å². The molecule has 112 valence electrons. The van der Waals surface area contributed by atoms with E-state index in [1.54, 1.807) is 12.1 Å². The number of hydrogen-bond donors (Lipinski definition) is 1. The molecule has 0 heterocycles. The van der Waals surface area contributed by atoms with Gasteiger partial charge < -0.3 is 10.1 Å². The first-order chi connectivity index (χ1) is 10.0. The summed E-state index contributed by atoms with van der Waals surface area (Å²) in [4.78, 5) is 0. The second kappa shape index (κ2) is 7.07. The van der Waals surface area contributed by atoms with Gasteiger partial charge in [-0.1, -0.05) is 44.2 Å². The fourth-order valence-corrected chi connectivity index (χ4v) is 2.01. The summed E-state index contributed by atoms with van der Waals surface area (Å²) in [5, 5.41) is 3.20. The summed E-state index contributed by atoms with van der Waals surface area (Å²) in [5.74, 6) is 0.667. The van der Waals surface area contributed by atoms with Gasteiger partial charge in [-0.15, -0.1) is 0 Å². The lowest BCUT2D eigenvalue weighted by Gasteiger charge is -2.10. The fraction of sp³-hybridized carbons (Fsp3) is 0.294. The van der Waals surface area contributed by atoms with Crippen LogP contribution in [0.1, 0.15) is 30.9 Å². The molecule has 4 heteroatoms. The Kier molecular flexibility index (Phi) is 5.14. The van der Waals surface area contributed by atoms with Crippen molar-refractivity contribution in [2.45, 2.75) is 32.9 Å². The maximum Gasteiger partial charge on any atom is 0.387 e. The van der Waals surface area contributed by atoms with Crippen molar-refractivity contribution in [3.8, 4) is 5.75 Å². The predicted molar refractivity (Wildman–Crippen MR) is 80.9 cm³/mol. The van der Waals surface area contributed by atoms with E-state index in [0.29, 0.717) is 12.5 Å². The van der Waals surface area contributed by atoms with E-state index in [4.69, 9.17) is 0 Å². The summed E-state index contributed by atoms with van der Waals surface area (Å²) in [6.45, 7) is 2.14. The van der Waals surface area contributed by atoms with E-state index in [1.165, 1.54) is 11.6 Å². The summed E-state index contributed by atoms with van der Waals surface area (Å²) in [6, 6.07) is 14.9. The molecule has 0 radical (unpaired) electrons. The highest BCUT2D eigenvalue weighted by molar-refractivity contribution is 5.48. The molecule has 0 aromatic heterocycles. The minimum absolute atomic E-state index is 0.158. The molecule has 1 N–H and O–H groups in total. The number of halogens is 2. The fourth-order valence-electron chi connectivity index (χ4n) is 2.01. The van der Waals surface area contributed by atoms with E-state index in [9.17, 15) is 8.78 Å². The van der Waals surface area contributed by atoms with Crippen LogP contribution in [0.25, 0.3) is 0 Å². The van der Waals surface area contributed by atoms with E-state index in [0.717, 1.165) is 11.3 Å². The molecular weight excluding hydrogens is 272 g/mol. The molecule has 0 aliphatic carbocycles. The molecule has 0 saturated carbocycles. The smallest absolute Gasteiger partial charge is 0.387 e. The Labute approximate surface area is 123 Å². The third-order valence-corrected chi connectivity index (χ3v) is 3.20. The molecule has 2 nitrogen and oxygen atoms in total. The van der Waals surface area contributed by atoms with Crippen molar-refractivity contribution >= 4 is 5.69 Å². The van der Waals surface area contributed by atoms with Gasteiger partial charge in [0.15, 0.2) is 0 Å². The van der Waals surface area contributed by atoms with Crippen molar-refractivity contribution in [2.75, 3.05) is 5.32 Å². The van der Waals surface area contributed by atoms with Crippen LogP contribution in [-0.4, -0.2) is 6.61 Å². The molecule has 0 amide bonds. The zero-order valence-electron chi connectivity index (χ0n) is 12.1. The van der Waals surface area contributed by atoms with Crippen LogP contribution in [0.15, 0.2) is 48.5 Å². The van der Waals surface area contributed by atoms with Gasteiger partial charge in [-0.3, -0.25) is 0 Å². The van der Waals surface area contributed by atoms with Gasteiger partial charge in [0, 0.05) is 18.3 Å². The number of rotatable bonds is 6. The lowest BCUT2D eigenvalue weighted by molar-refractivity contribution is -0.0498. The standard InChI is InChI=1S/C17H19F2NO/c1-12(2)14-8-6-13(7-9-14)11-20-15-4-3-5-16(10-15)21-17(18)19/h3-10,12,17,20H,11H2,1-2H3. The van der Waals surface area contributed by atoms with Crippen LogP contribution in [0.2, 0.25) is 0 Å². The van der Waals surface area contributed by atoms with Gasteiger partial charge in [0.05, 0.1) is 0 Å².